The van der Waals surface area contributed by atoms with Gasteiger partial charge in [0.05, 0.1) is 0 Å². The minimum Gasteiger partial charge on any atom is -0.321 e. The summed E-state index contributed by atoms with van der Waals surface area (Å²) in [6.45, 7) is 0.658. The van der Waals surface area contributed by atoms with Gasteiger partial charge in [0, 0.05) is 34.4 Å². The van der Waals surface area contributed by atoms with Crippen LogP contribution in [-0.2, 0) is 6.42 Å². The fourth-order valence-electron chi connectivity index (χ4n) is 3.73. The summed E-state index contributed by atoms with van der Waals surface area (Å²) in [7, 11) is 0. The van der Waals surface area contributed by atoms with Gasteiger partial charge in [-0.2, -0.15) is 0 Å². The molecule has 3 aromatic carbocycles. The van der Waals surface area contributed by atoms with Crippen molar-refractivity contribution in [2.24, 2.45) is 0 Å². The fourth-order valence-corrected chi connectivity index (χ4v) is 4.56. The monoisotopic (exact) mass is 443 g/mol. The lowest BCUT2D eigenvalue weighted by Crippen LogP contribution is -2.28. The van der Waals surface area contributed by atoms with E-state index < -0.39 is 5.91 Å². The Morgan fingerprint density at radius 1 is 0.969 bits per heavy atom. The molecule has 0 atom stereocenters. The molecule has 0 saturated carbocycles. The van der Waals surface area contributed by atoms with Crippen molar-refractivity contribution in [2.75, 3.05) is 16.8 Å². The number of rotatable bonds is 4. The molecule has 0 aliphatic carbocycles. The van der Waals surface area contributed by atoms with Gasteiger partial charge < -0.3 is 10.2 Å². The first kappa shape index (κ1) is 20.1. The molecule has 1 aliphatic heterocycles. The van der Waals surface area contributed by atoms with Crippen LogP contribution in [0.3, 0.4) is 0 Å². The summed E-state index contributed by atoms with van der Waals surface area (Å²) in [4.78, 5) is 31.5. The van der Waals surface area contributed by atoms with Crippen LogP contribution in [0.4, 0.5) is 15.8 Å². The highest BCUT2D eigenvalue weighted by atomic mass is 32.1. The first-order chi connectivity index (χ1) is 15.6. The van der Waals surface area contributed by atoms with Gasteiger partial charge in [-0.15, -0.1) is 11.3 Å². The van der Waals surface area contributed by atoms with Crippen molar-refractivity contribution in [1.29, 1.82) is 0 Å². The predicted octanol–water partition coefficient (Wildman–Crippen LogP) is 5.40. The van der Waals surface area contributed by atoms with Crippen molar-refractivity contribution in [2.45, 2.75) is 6.42 Å². The fraction of sp³-hybridized carbons (Fsp3) is 0.0800. The highest BCUT2D eigenvalue weighted by Crippen LogP contribution is 2.29. The first-order valence-corrected chi connectivity index (χ1v) is 11.0. The number of carbonyl (C=O) groups is 2. The van der Waals surface area contributed by atoms with E-state index in [1.807, 2.05) is 24.3 Å². The van der Waals surface area contributed by atoms with Gasteiger partial charge in [-0.25, -0.2) is 9.37 Å². The average Bonchev–Trinajstić information content (AvgIpc) is 3.47. The summed E-state index contributed by atoms with van der Waals surface area (Å²) in [5.41, 5.74) is 3.79. The Morgan fingerprint density at radius 2 is 1.72 bits per heavy atom. The second-order valence-corrected chi connectivity index (χ2v) is 8.24. The summed E-state index contributed by atoms with van der Waals surface area (Å²) in [6.07, 6.45) is 0.846. The Hall–Kier alpha value is -3.84. The Balaban J connectivity index is 1.28. The molecule has 2 amide bonds. The lowest BCUT2D eigenvalue weighted by molar-refractivity contribution is 0.0988. The molecule has 0 unspecified atom stereocenters. The summed E-state index contributed by atoms with van der Waals surface area (Å²) in [6, 6.07) is 21.0. The Bertz CT molecular complexity index is 1320. The van der Waals surface area contributed by atoms with Gasteiger partial charge in [0.2, 0.25) is 0 Å². The van der Waals surface area contributed by atoms with E-state index in [9.17, 15) is 14.0 Å². The van der Waals surface area contributed by atoms with Crippen LogP contribution in [0, 0.1) is 5.82 Å². The summed E-state index contributed by atoms with van der Waals surface area (Å²) in [5, 5.41) is 4.82. The molecular weight excluding hydrogens is 425 g/mol. The number of benzene rings is 3. The SMILES string of the molecule is O=C(Nc1ccc(C(=O)N2CCc3ccccc32)cc1)c1csc(-c2ccccc2F)n1. The predicted molar refractivity (Wildman–Crippen MR) is 124 cm³/mol. The quantitative estimate of drug-likeness (QED) is 0.459. The molecular formula is C25H18FN3O2S. The standard InChI is InChI=1S/C25H18FN3O2S/c26-20-7-3-2-6-19(20)24-28-21(15-32-24)23(30)27-18-11-9-17(10-12-18)25(31)29-14-13-16-5-1-4-8-22(16)29/h1-12,15H,13-14H2,(H,27,30). The molecule has 1 N–H and O–H groups in total. The van der Waals surface area contributed by atoms with Crippen LogP contribution in [0.15, 0.2) is 78.2 Å². The maximum atomic E-state index is 14.0. The number of nitrogens with zero attached hydrogens (tertiary/aromatic N) is 2. The van der Waals surface area contributed by atoms with E-state index in [-0.39, 0.29) is 17.4 Å². The minimum absolute atomic E-state index is 0.0677. The normalized spacial score (nSPS) is 12.5. The molecule has 5 rings (SSSR count). The van der Waals surface area contributed by atoms with Gasteiger partial charge in [-0.05, 0) is 54.4 Å². The van der Waals surface area contributed by atoms with Gasteiger partial charge in [-0.1, -0.05) is 30.3 Å². The van der Waals surface area contributed by atoms with Crippen molar-refractivity contribution < 1.29 is 14.0 Å². The smallest absolute Gasteiger partial charge is 0.275 e. The highest BCUT2D eigenvalue weighted by molar-refractivity contribution is 7.13. The lowest BCUT2D eigenvalue weighted by atomic mass is 10.1. The van der Waals surface area contributed by atoms with Crippen molar-refractivity contribution >= 4 is 34.5 Å². The van der Waals surface area contributed by atoms with Crippen LogP contribution in [-0.4, -0.2) is 23.3 Å². The number of halogens is 1. The molecule has 4 aromatic rings. The molecule has 1 aliphatic rings. The largest absolute Gasteiger partial charge is 0.321 e. The Kier molecular flexibility index (Phi) is 5.25. The first-order valence-electron chi connectivity index (χ1n) is 10.1. The molecule has 1 aromatic heterocycles. The molecule has 0 radical (unpaired) electrons. The zero-order chi connectivity index (χ0) is 22.1. The van der Waals surface area contributed by atoms with Crippen LogP contribution in [0.1, 0.15) is 26.4 Å². The van der Waals surface area contributed by atoms with Gasteiger partial charge in [0.25, 0.3) is 11.8 Å². The Morgan fingerprint density at radius 3 is 2.53 bits per heavy atom. The number of amides is 2. The van der Waals surface area contributed by atoms with Gasteiger partial charge in [-0.3, -0.25) is 9.59 Å². The van der Waals surface area contributed by atoms with Crippen LogP contribution in [0.25, 0.3) is 10.6 Å². The van der Waals surface area contributed by atoms with Crippen molar-refractivity contribution in [3.8, 4) is 10.6 Å². The summed E-state index contributed by atoms with van der Waals surface area (Å²) >= 11 is 1.21. The molecule has 5 nitrogen and oxygen atoms in total. The van der Waals surface area contributed by atoms with Crippen LogP contribution in [0.2, 0.25) is 0 Å². The van der Waals surface area contributed by atoms with E-state index in [2.05, 4.69) is 10.3 Å². The number of aromatic nitrogens is 1. The number of fused-ring (bicyclic) bond motifs is 1. The number of thiazole rings is 1. The lowest BCUT2D eigenvalue weighted by Gasteiger charge is -2.17. The minimum atomic E-state index is -0.392. The average molecular weight is 444 g/mol. The molecule has 0 saturated heterocycles. The van der Waals surface area contributed by atoms with Crippen LogP contribution in [0.5, 0.6) is 0 Å². The molecule has 0 spiro atoms. The van der Waals surface area contributed by atoms with E-state index in [4.69, 9.17) is 0 Å². The van der Waals surface area contributed by atoms with Gasteiger partial charge >= 0.3 is 0 Å². The van der Waals surface area contributed by atoms with Crippen LogP contribution < -0.4 is 10.2 Å². The second-order valence-electron chi connectivity index (χ2n) is 7.38. The number of hydrogen-bond acceptors (Lipinski definition) is 4. The van der Waals surface area contributed by atoms with Crippen molar-refractivity contribution in [1.82, 2.24) is 4.98 Å². The third kappa shape index (κ3) is 3.78. The topological polar surface area (TPSA) is 62.3 Å². The van der Waals surface area contributed by atoms with E-state index in [1.54, 1.807) is 52.7 Å². The van der Waals surface area contributed by atoms with E-state index in [0.29, 0.717) is 28.4 Å². The third-order valence-electron chi connectivity index (χ3n) is 5.36. The molecule has 0 fully saturated rings. The maximum absolute atomic E-state index is 14.0. The summed E-state index contributed by atoms with van der Waals surface area (Å²) in [5.74, 6) is -0.840. The van der Waals surface area contributed by atoms with E-state index >= 15 is 0 Å². The van der Waals surface area contributed by atoms with Crippen molar-refractivity contribution in [3.05, 3.63) is 101 Å². The zero-order valence-corrected chi connectivity index (χ0v) is 17.7. The van der Waals surface area contributed by atoms with Gasteiger partial charge in [0.1, 0.15) is 16.5 Å². The number of carbonyl (C=O) groups excluding carboxylic acids is 2. The number of para-hydroxylation sites is 1. The summed E-state index contributed by atoms with van der Waals surface area (Å²) < 4.78 is 14.0. The maximum Gasteiger partial charge on any atom is 0.275 e. The Labute approximate surface area is 188 Å². The van der Waals surface area contributed by atoms with E-state index in [0.717, 1.165) is 12.1 Å². The zero-order valence-electron chi connectivity index (χ0n) is 16.9. The highest BCUT2D eigenvalue weighted by Gasteiger charge is 2.25. The third-order valence-corrected chi connectivity index (χ3v) is 6.24. The second kappa shape index (κ2) is 8.36. The number of anilines is 2. The number of nitrogens with one attached hydrogen (secondary N) is 1. The van der Waals surface area contributed by atoms with Gasteiger partial charge in [0.15, 0.2) is 0 Å². The molecule has 158 valence electrons. The van der Waals surface area contributed by atoms with Crippen molar-refractivity contribution in [3.63, 3.8) is 0 Å². The molecule has 7 heteroatoms. The molecule has 2 heterocycles. The van der Waals surface area contributed by atoms with Crippen LogP contribution >= 0.6 is 11.3 Å². The van der Waals surface area contributed by atoms with E-state index in [1.165, 1.54) is 23.0 Å². The molecule has 0 bridgehead atoms. The number of hydrogen-bond donors (Lipinski definition) is 1. The molecule has 32 heavy (non-hydrogen) atoms.